The predicted molar refractivity (Wildman–Crippen MR) is 117 cm³/mol. The normalized spacial score (nSPS) is 12.4. The van der Waals surface area contributed by atoms with E-state index < -0.39 is 23.4 Å². The summed E-state index contributed by atoms with van der Waals surface area (Å²) in [5, 5.41) is 4.48. The van der Waals surface area contributed by atoms with E-state index in [1.165, 1.54) is 15.9 Å². The lowest BCUT2D eigenvalue weighted by Crippen LogP contribution is -2.27. The summed E-state index contributed by atoms with van der Waals surface area (Å²) in [7, 11) is 0. The number of carbonyl (C=O) groups excluding carboxylic acids is 2. The van der Waals surface area contributed by atoms with Gasteiger partial charge in [0.2, 0.25) is 0 Å². The molecule has 0 aliphatic heterocycles. The van der Waals surface area contributed by atoms with Crippen LogP contribution in [-0.2, 0) is 9.47 Å². The number of ether oxygens (including phenoxy) is 2. The lowest BCUT2D eigenvalue weighted by molar-refractivity contribution is 0.0542. The van der Waals surface area contributed by atoms with E-state index in [4.69, 9.17) is 9.47 Å². The van der Waals surface area contributed by atoms with Crippen molar-refractivity contribution in [2.75, 3.05) is 5.32 Å². The molecule has 0 unspecified atom stereocenters. The molecule has 3 rings (SSSR count). The molecule has 8 heteroatoms. The number of nitrogens with zero attached hydrogens (tertiary/aromatic N) is 1. The number of amides is 1. The van der Waals surface area contributed by atoms with Crippen molar-refractivity contribution in [3.8, 4) is 0 Å². The van der Waals surface area contributed by atoms with Gasteiger partial charge in [0, 0.05) is 26.1 Å². The number of hydrogen-bond acceptors (Lipinski definition) is 5. The Hall–Kier alpha value is -2.06. The fourth-order valence-corrected chi connectivity index (χ4v) is 4.63. The Balaban J connectivity index is 2.15. The van der Waals surface area contributed by atoms with E-state index in [0.717, 1.165) is 19.9 Å². The van der Waals surface area contributed by atoms with Gasteiger partial charge in [0.25, 0.3) is 0 Å². The second-order valence-electron chi connectivity index (χ2n) is 8.42. The first kappa shape index (κ1) is 20.7. The molecular weight excluding hydrogens is 444 g/mol. The first-order valence-corrected chi connectivity index (χ1v) is 10.4. The SMILES string of the molecule is CC(C)(C)OC(=O)Nc1cn(C(=O)OC(C)(C)C)c2sc3cccc(Br)c3c12. The third kappa shape index (κ3) is 4.33. The Morgan fingerprint density at radius 3 is 2.29 bits per heavy atom. The van der Waals surface area contributed by atoms with Gasteiger partial charge in [-0.25, -0.2) is 14.2 Å². The maximum absolute atomic E-state index is 12.8. The highest BCUT2D eigenvalue weighted by atomic mass is 79.9. The maximum atomic E-state index is 12.8. The average molecular weight is 467 g/mol. The van der Waals surface area contributed by atoms with Crippen molar-refractivity contribution in [3.63, 3.8) is 0 Å². The number of halogens is 1. The molecule has 0 saturated carbocycles. The monoisotopic (exact) mass is 466 g/mol. The van der Waals surface area contributed by atoms with Crippen LogP contribution < -0.4 is 5.32 Å². The molecular formula is C20H23BrN2O4S. The van der Waals surface area contributed by atoms with E-state index in [1.807, 2.05) is 39.0 Å². The van der Waals surface area contributed by atoms with E-state index in [9.17, 15) is 9.59 Å². The van der Waals surface area contributed by atoms with Gasteiger partial charge in [0.15, 0.2) is 0 Å². The van der Waals surface area contributed by atoms with Crippen molar-refractivity contribution in [2.24, 2.45) is 0 Å². The molecule has 0 spiro atoms. The molecule has 0 aliphatic rings. The zero-order valence-electron chi connectivity index (χ0n) is 16.7. The summed E-state index contributed by atoms with van der Waals surface area (Å²) in [5.74, 6) is 0. The predicted octanol–water partition coefficient (Wildman–Crippen LogP) is 6.75. The van der Waals surface area contributed by atoms with Crippen LogP contribution in [0.3, 0.4) is 0 Å². The lowest BCUT2D eigenvalue weighted by Gasteiger charge is -2.20. The molecule has 1 N–H and O–H groups in total. The van der Waals surface area contributed by atoms with E-state index in [0.29, 0.717) is 10.5 Å². The van der Waals surface area contributed by atoms with Crippen LogP contribution in [-0.4, -0.2) is 28.0 Å². The first-order chi connectivity index (χ1) is 12.9. The molecule has 2 heterocycles. The summed E-state index contributed by atoms with van der Waals surface area (Å²) in [5.41, 5.74) is -0.772. The van der Waals surface area contributed by atoms with Crippen LogP contribution in [0, 0.1) is 0 Å². The second kappa shape index (κ2) is 7.08. The van der Waals surface area contributed by atoms with Crippen molar-refractivity contribution in [2.45, 2.75) is 52.7 Å². The number of anilines is 1. The molecule has 0 bridgehead atoms. The topological polar surface area (TPSA) is 69.6 Å². The number of nitrogens with one attached hydrogen (secondary N) is 1. The third-order valence-corrected chi connectivity index (χ3v) is 5.43. The number of fused-ring (bicyclic) bond motifs is 3. The van der Waals surface area contributed by atoms with Gasteiger partial charge in [-0.2, -0.15) is 0 Å². The van der Waals surface area contributed by atoms with Gasteiger partial charge in [0.05, 0.1) is 5.69 Å². The summed E-state index contributed by atoms with van der Waals surface area (Å²) in [6.45, 7) is 10.8. The molecule has 0 aliphatic carbocycles. The summed E-state index contributed by atoms with van der Waals surface area (Å²) in [6, 6.07) is 5.83. The van der Waals surface area contributed by atoms with Crippen LogP contribution in [0.25, 0.3) is 20.3 Å². The smallest absolute Gasteiger partial charge is 0.419 e. The van der Waals surface area contributed by atoms with Crippen molar-refractivity contribution in [1.82, 2.24) is 4.57 Å². The summed E-state index contributed by atoms with van der Waals surface area (Å²) >= 11 is 5.04. The van der Waals surface area contributed by atoms with Crippen LogP contribution >= 0.6 is 27.3 Å². The minimum absolute atomic E-state index is 0.494. The number of aromatic nitrogens is 1. The first-order valence-electron chi connectivity index (χ1n) is 8.81. The van der Waals surface area contributed by atoms with Gasteiger partial charge >= 0.3 is 12.2 Å². The summed E-state index contributed by atoms with van der Waals surface area (Å²) in [6.07, 6.45) is 0.498. The largest absolute Gasteiger partial charge is 0.444 e. The Morgan fingerprint density at radius 1 is 1.04 bits per heavy atom. The van der Waals surface area contributed by atoms with E-state index >= 15 is 0 Å². The molecule has 0 saturated heterocycles. The van der Waals surface area contributed by atoms with Gasteiger partial charge in [-0.05, 0) is 53.7 Å². The van der Waals surface area contributed by atoms with Gasteiger partial charge in [-0.1, -0.05) is 22.0 Å². The summed E-state index contributed by atoms with van der Waals surface area (Å²) in [4.78, 5) is 25.8. The fraction of sp³-hybridized carbons (Fsp3) is 0.400. The Morgan fingerprint density at radius 2 is 1.68 bits per heavy atom. The zero-order chi connectivity index (χ0) is 20.9. The molecule has 6 nitrogen and oxygen atoms in total. The highest BCUT2D eigenvalue weighted by Crippen LogP contribution is 2.43. The van der Waals surface area contributed by atoms with Crippen LogP contribution in [0.4, 0.5) is 15.3 Å². The third-order valence-electron chi connectivity index (χ3n) is 3.62. The van der Waals surface area contributed by atoms with Crippen molar-refractivity contribution in [3.05, 3.63) is 28.9 Å². The van der Waals surface area contributed by atoms with E-state index in [2.05, 4.69) is 21.2 Å². The quantitative estimate of drug-likeness (QED) is 0.430. The molecule has 0 fully saturated rings. The van der Waals surface area contributed by atoms with Gasteiger partial charge < -0.3 is 9.47 Å². The molecule has 150 valence electrons. The standard InChI is InChI=1S/C20H23BrN2O4S/c1-19(2,3)26-17(24)22-12-10-23(18(25)27-20(4,5)6)16-15(12)14-11(21)8-7-9-13(14)28-16/h7-10H,1-6H3,(H,22,24). The van der Waals surface area contributed by atoms with Crippen molar-refractivity contribution < 1.29 is 19.1 Å². The molecule has 0 atom stereocenters. The van der Waals surface area contributed by atoms with E-state index in [-0.39, 0.29) is 0 Å². The van der Waals surface area contributed by atoms with Crippen LogP contribution in [0.2, 0.25) is 0 Å². The van der Waals surface area contributed by atoms with Crippen LogP contribution in [0.1, 0.15) is 41.5 Å². The maximum Gasteiger partial charge on any atom is 0.419 e. The second-order valence-corrected chi connectivity index (χ2v) is 10.3. The Labute approximate surface area is 175 Å². The van der Waals surface area contributed by atoms with Crippen LogP contribution in [0.5, 0.6) is 0 Å². The van der Waals surface area contributed by atoms with Crippen LogP contribution in [0.15, 0.2) is 28.9 Å². The molecule has 3 aromatic rings. The number of rotatable bonds is 1. The molecule has 0 radical (unpaired) electrons. The molecule has 1 amide bonds. The summed E-state index contributed by atoms with van der Waals surface area (Å²) < 4.78 is 14.2. The molecule has 2 aromatic heterocycles. The average Bonchev–Trinajstić information content (AvgIpc) is 3.02. The number of carbonyl (C=O) groups is 2. The van der Waals surface area contributed by atoms with Crippen molar-refractivity contribution >= 4 is 65.4 Å². The Bertz CT molecular complexity index is 1070. The highest BCUT2D eigenvalue weighted by molar-refractivity contribution is 9.10. The van der Waals surface area contributed by atoms with Crippen molar-refractivity contribution in [1.29, 1.82) is 0 Å². The van der Waals surface area contributed by atoms with Gasteiger partial charge in [-0.15, -0.1) is 11.3 Å². The number of hydrogen-bond donors (Lipinski definition) is 1. The van der Waals surface area contributed by atoms with E-state index in [1.54, 1.807) is 27.0 Å². The Kier molecular flexibility index (Phi) is 5.22. The fourth-order valence-electron chi connectivity index (χ4n) is 2.72. The minimum atomic E-state index is -0.635. The number of thiophene rings is 1. The lowest BCUT2D eigenvalue weighted by atomic mass is 10.2. The van der Waals surface area contributed by atoms with Gasteiger partial charge in [-0.3, -0.25) is 5.32 Å². The molecule has 1 aromatic carbocycles. The zero-order valence-corrected chi connectivity index (χ0v) is 19.1. The number of benzene rings is 1. The van der Waals surface area contributed by atoms with Gasteiger partial charge in [0.1, 0.15) is 16.0 Å². The molecule has 28 heavy (non-hydrogen) atoms. The minimum Gasteiger partial charge on any atom is -0.444 e. The highest BCUT2D eigenvalue weighted by Gasteiger charge is 2.26.